The summed E-state index contributed by atoms with van der Waals surface area (Å²) in [4.78, 5) is 2.07. The Bertz CT molecular complexity index is 378. The highest BCUT2D eigenvalue weighted by Crippen LogP contribution is 2.33. The second kappa shape index (κ2) is 6.59. The van der Waals surface area contributed by atoms with Crippen LogP contribution in [0.15, 0.2) is 18.2 Å². The molecule has 0 radical (unpaired) electrons. The molecule has 1 aromatic rings. The van der Waals surface area contributed by atoms with Crippen LogP contribution in [0.3, 0.4) is 0 Å². The fraction of sp³-hybridized carbons (Fsp3) is 0.571. The molecule has 0 atom stereocenters. The Morgan fingerprint density at radius 3 is 2.72 bits per heavy atom. The molecule has 1 aliphatic heterocycles. The van der Waals surface area contributed by atoms with Crippen LogP contribution in [-0.4, -0.2) is 33.4 Å². The second-order valence-corrected chi connectivity index (χ2v) is 4.48. The van der Waals surface area contributed by atoms with Gasteiger partial charge in [0.05, 0.1) is 6.61 Å². The highest BCUT2D eigenvalue weighted by atomic mass is 19.1. The molecule has 0 unspecified atom stereocenters. The molecular weight excluding hydrogens is 233 g/mol. The van der Waals surface area contributed by atoms with Gasteiger partial charge in [-0.3, -0.25) is 0 Å². The third kappa shape index (κ3) is 3.13. The van der Waals surface area contributed by atoms with Gasteiger partial charge in [0.2, 0.25) is 0 Å². The maximum Gasteiger partial charge on any atom is 0.150 e. The molecule has 1 fully saturated rings. The summed E-state index contributed by atoms with van der Waals surface area (Å²) in [6, 6.07) is 5.03. The summed E-state index contributed by atoms with van der Waals surface area (Å²) < 4.78 is 24.6. The molecule has 0 amide bonds. The lowest BCUT2D eigenvalue weighted by Crippen LogP contribution is -2.20. The fourth-order valence-corrected chi connectivity index (χ4v) is 2.25. The number of hydrogen-bond acceptors (Lipinski definition) is 3. The van der Waals surface area contributed by atoms with E-state index in [0.717, 1.165) is 32.4 Å². The van der Waals surface area contributed by atoms with Crippen LogP contribution in [0.25, 0.3) is 0 Å². The molecule has 0 bridgehead atoms. The second-order valence-electron chi connectivity index (χ2n) is 4.48. The van der Waals surface area contributed by atoms with Gasteiger partial charge in [-0.2, -0.15) is 0 Å². The molecule has 0 N–H and O–H groups in total. The fourth-order valence-electron chi connectivity index (χ4n) is 2.25. The van der Waals surface area contributed by atoms with E-state index in [2.05, 4.69) is 4.90 Å². The summed E-state index contributed by atoms with van der Waals surface area (Å²) in [6.45, 7) is 3.04. The number of ether oxygens (including phenoxy) is 2. The van der Waals surface area contributed by atoms with Crippen LogP contribution in [0, 0.1) is 5.82 Å². The van der Waals surface area contributed by atoms with Gasteiger partial charge in [0.1, 0.15) is 17.3 Å². The van der Waals surface area contributed by atoms with E-state index in [1.165, 1.54) is 6.07 Å². The van der Waals surface area contributed by atoms with Gasteiger partial charge in [0.25, 0.3) is 0 Å². The van der Waals surface area contributed by atoms with Crippen molar-refractivity contribution in [1.82, 2.24) is 0 Å². The lowest BCUT2D eigenvalue weighted by molar-refractivity contribution is 0.172. The predicted molar refractivity (Wildman–Crippen MR) is 69.8 cm³/mol. The third-order valence-corrected chi connectivity index (χ3v) is 3.12. The van der Waals surface area contributed by atoms with Gasteiger partial charge in [-0.15, -0.1) is 0 Å². The lowest BCUT2D eigenvalue weighted by Gasteiger charge is -2.21. The van der Waals surface area contributed by atoms with E-state index in [1.54, 1.807) is 13.2 Å². The zero-order valence-electron chi connectivity index (χ0n) is 10.8. The van der Waals surface area contributed by atoms with E-state index in [1.807, 2.05) is 6.07 Å². The Balaban J connectivity index is 2.05. The van der Waals surface area contributed by atoms with Crippen molar-refractivity contribution < 1.29 is 13.9 Å². The van der Waals surface area contributed by atoms with Crippen molar-refractivity contribution in [3.8, 4) is 5.75 Å². The standard InChI is InChI=1S/C14H20FNO2/c1-17-10-5-11-18-13-7-4-6-12(15)14(13)16-8-2-3-9-16/h4,6-7H,2-3,5,8-11H2,1H3. The summed E-state index contributed by atoms with van der Waals surface area (Å²) in [6.07, 6.45) is 3.06. The number of para-hydroxylation sites is 1. The summed E-state index contributed by atoms with van der Waals surface area (Å²) >= 11 is 0. The van der Waals surface area contributed by atoms with Crippen LogP contribution in [0.1, 0.15) is 19.3 Å². The van der Waals surface area contributed by atoms with E-state index >= 15 is 0 Å². The van der Waals surface area contributed by atoms with Crippen molar-refractivity contribution >= 4 is 5.69 Å². The Morgan fingerprint density at radius 1 is 1.22 bits per heavy atom. The number of methoxy groups -OCH3 is 1. The maximum atomic E-state index is 13.9. The monoisotopic (exact) mass is 253 g/mol. The van der Waals surface area contributed by atoms with Crippen molar-refractivity contribution in [2.24, 2.45) is 0 Å². The SMILES string of the molecule is COCCCOc1cccc(F)c1N1CCCC1. The topological polar surface area (TPSA) is 21.7 Å². The molecular formula is C14H20FNO2. The molecule has 0 aromatic heterocycles. The number of hydrogen-bond donors (Lipinski definition) is 0. The molecule has 18 heavy (non-hydrogen) atoms. The van der Waals surface area contributed by atoms with Gasteiger partial charge in [-0.05, 0) is 25.0 Å². The molecule has 1 aromatic carbocycles. The third-order valence-electron chi connectivity index (χ3n) is 3.12. The van der Waals surface area contributed by atoms with Crippen molar-refractivity contribution in [2.45, 2.75) is 19.3 Å². The van der Waals surface area contributed by atoms with Gasteiger partial charge in [-0.1, -0.05) is 6.07 Å². The van der Waals surface area contributed by atoms with Crippen LogP contribution in [0.2, 0.25) is 0 Å². The van der Waals surface area contributed by atoms with Crippen LogP contribution < -0.4 is 9.64 Å². The number of rotatable bonds is 6. The average Bonchev–Trinajstić information content (AvgIpc) is 2.88. The highest BCUT2D eigenvalue weighted by Gasteiger charge is 2.20. The molecule has 0 aliphatic carbocycles. The number of nitrogens with zero attached hydrogens (tertiary/aromatic N) is 1. The van der Waals surface area contributed by atoms with Crippen LogP contribution in [-0.2, 0) is 4.74 Å². The zero-order valence-corrected chi connectivity index (χ0v) is 10.8. The van der Waals surface area contributed by atoms with E-state index in [9.17, 15) is 4.39 Å². The summed E-state index contributed by atoms with van der Waals surface area (Å²) in [7, 11) is 1.66. The number of anilines is 1. The molecule has 1 aliphatic rings. The average molecular weight is 253 g/mol. The molecule has 1 saturated heterocycles. The predicted octanol–water partition coefficient (Wildman–Crippen LogP) is 2.84. The first-order valence-corrected chi connectivity index (χ1v) is 6.48. The van der Waals surface area contributed by atoms with Crippen molar-refractivity contribution in [3.63, 3.8) is 0 Å². The first kappa shape index (κ1) is 13.1. The molecule has 1 heterocycles. The molecule has 0 saturated carbocycles. The summed E-state index contributed by atoms with van der Waals surface area (Å²) in [5.74, 6) is 0.453. The van der Waals surface area contributed by atoms with Gasteiger partial charge in [0.15, 0.2) is 0 Å². The Labute approximate surface area is 107 Å². The van der Waals surface area contributed by atoms with Crippen molar-refractivity contribution in [1.29, 1.82) is 0 Å². The Kier molecular flexibility index (Phi) is 4.81. The molecule has 4 heteroatoms. The maximum absolute atomic E-state index is 13.9. The first-order chi connectivity index (χ1) is 8.83. The molecule has 3 nitrogen and oxygen atoms in total. The van der Waals surface area contributed by atoms with Gasteiger partial charge in [0, 0.05) is 33.2 Å². The van der Waals surface area contributed by atoms with E-state index < -0.39 is 0 Å². The van der Waals surface area contributed by atoms with Crippen LogP contribution in [0.5, 0.6) is 5.75 Å². The minimum Gasteiger partial charge on any atom is -0.491 e. The van der Waals surface area contributed by atoms with E-state index in [0.29, 0.717) is 24.7 Å². The Morgan fingerprint density at radius 2 is 2.00 bits per heavy atom. The van der Waals surface area contributed by atoms with Gasteiger partial charge >= 0.3 is 0 Å². The Hall–Kier alpha value is -1.29. The van der Waals surface area contributed by atoms with E-state index in [4.69, 9.17) is 9.47 Å². The first-order valence-electron chi connectivity index (χ1n) is 6.48. The van der Waals surface area contributed by atoms with Crippen LogP contribution in [0.4, 0.5) is 10.1 Å². The number of benzene rings is 1. The summed E-state index contributed by atoms with van der Waals surface area (Å²) in [5.41, 5.74) is 0.618. The number of halogens is 1. The van der Waals surface area contributed by atoms with Crippen molar-refractivity contribution in [3.05, 3.63) is 24.0 Å². The normalized spacial score (nSPS) is 15.1. The lowest BCUT2D eigenvalue weighted by atomic mass is 10.2. The van der Waals surface area contributed by atoms with Crippen LogP contribution >= 0.6 is 0 Å². The quantitative estimate of drug-likeness (QED) is 0.728. The summed E-state index contributed by atoms with van der Waals surface area (Å²) in [5, 5.41) is 0. The molecule has 2 rings (SSSR count). The molecule has 0 spiro atoms. The van der Waals surface area contributed by atoms with E-state index in [-0.39, 0.29) is 5.82 Å². The van der Waals surface area contributed by atoms with Gasteiger partial charge < -0.3 is 14.4 Å². The van der Waals surface area contributed by atoms with Gasteiger partial charge in [-0.25, -0.2) is 4.39 Å². The minimum absolute atomic E-state index is 0.193. The zero-order chi connectivity index (χ0) is 12.8. The smallest absolute Gasteiger partial charge is 0.150 e. The minimum atomic E-state index is -0.193. The molecule has 100 valence electrons. The largest absolute Gasteiger partial charge is 0.491 e. The van der Waals surface area contributed by atoms with Crippen molar-refractivity contribution in [2.75, 3.05) is 38.3 Å². The highest BCUT2D eigenvalue weighted by molar-refractivity contribution is 5.60.